The van der Waals surface area contributed by atoms with Gasteiger partial charge in [0.1, 0.15) is 5.82 Å². The van der Waals surface area contributed by atoms with E-state index in [9.17, 15) is 0 Å². The fourth-order valence-electron chi connectivity index (χ4n) is 1.38. The van der Waals surface area contributed by atoms with Gasteiger partial charge in [-0.25, -0.2) is 4.98 Å². The molecule has 2 rings (SSSR count). The van der Waals surface area contributed by atoms with E-state index in [1.54, 1.807) is 23.7 Å². The third-order valence-electron chi connectivity index (χ3n) is 2.26. The number of nitrogens with zero attached hydrogens (tertiary/aromatic N) is 3. The predicted octanol–water partition coefficient (Wildman–Crippen LogP) is 2.43. The van der Waals surface area contributed by atoms with Gasteiger partial charge < -0.3 is 10.0 Å². The molecule has 0 unspecified atom stereocenters. The van der Waals surface area contributed by atoms with E-state index in [-0.39, 0.29) is 6.61 Å². The molecule has 4 nitrogen and oxygen atoms in total. The van der Waals surface area contributed by atoms with E-state index >= 15 is 0 Å². The Balaban J connectivity index is 2.06. The summed E-state index contributed by atoms with van der Waals surface area (Å²) in [5.74, 6) is 0.798. The molecule has 90 valence electrons. The molecule has 6 heteroatoms. The topological polar surface area (TPSA) is 49.2 Å². The van der Waals surface area contributed by atoms with Crippen molar-refractivity contribution in [1.82, 2.24) is 9.97 Å². The Morgan fingerprint density at radius 3 is 2.76 bits per heavy atom. The van der Waals surface area contributed by atoms with E-state index in [0.717, 1.165) is 16.8 Å². The summed E-state index contributed by atoms with van der Waals surface area (Å²) in [5.41, 5.74) is 0.584. The van der Waals surface area contributed by atoms with Crippen LogP contribution in [0.1, 0.15) is 10.6 Å². The highest BCUT2D eigenvalue weighted by Gasteiger charge is 2.06. The summed E-state index contributed by atoms with van der Waals surface area (Å²) in [6, 6.07) is 2.09. The Morgan fingerprint density at radius 2 is 2.24 bits per heavy atom. The summed E-state index contributed by atoms with van der Waals surface area (Å²) >= 11 is 5.14. The maximum atomic E-state index is 8.89. The minimum Gasteiger partial charge on any atom is -0.390 e. The molecule has 0 amide bonds. The minimum atomic E-state index is -0.0745. The van der Waals surface area contributed by atoms with Gasteiger partial charge in [0.05, 0.1) is 31.2 Å². The quantitative estimate of drug-likeness (QED) is 0.942. The van der Waals surface area contributed by atoms with Gasteiger partial charge >= 0.3 is 0 Å². The fraction of sp³-hybridized carbons (Fsp3) is 0.273. The highest BCUT2D eigenvalue weighted by molar-refractivity contribution is 9.10. The number of aliphatic hydroxyl groups excluding tert-OH is 1. The largest absolute Gasteiger partial charge is 0.390 e. The summed E-state index contributed by atoms with van der Waals surface area (Å²) in [4.78, 5) is 11.6. The van der Waals surface area contributed by atoms with E-state index in [1.165, 1.54) is 4.88 Å². The number of anilines is 1. The number of hydrogen-bond acceptors (Lipinski definition) is 5. The van der Waals surface area contributed by atoms with Crippen molar-refractivity contribution in [2.45, 2.75) is 13.2 Å². The van der Waals surface area contributed by atoms with Gasteiger partial charge in [-0.1, -0.05) is 0 Å². The van der Waals surface area contributed by atoms with Gasteiger partial charge in [-0.15, -0.1) is 11.3 Å². The van der Waals surface area contributed by atoms with Crippen LogP contribution in [0.2, 0.25) is 0 Å². The van der Waals surface area contributed by atoms with E-state index < -0.39 is 0 Å². The van der Waals surface area contributed by atoms with Crippen molar-refractivity contribution in [1.29, 1.82) is 0 Å². The predicted molar refractivity (Wildman–Crippen MR) is 72.1 cm³/mol. The Bertz CT molecular complexity index is 486. The lowest BCUT2D eigenvalue weighted by molar-refractivity contribution is 0.276. The molecule has 0 saturated carbocycles. The van der Waals surface area contributed by atoms with Crippen LogP contribution in [0.3, 0.4) is 0 Å². The first kappa shape index (κ1) is 12.5. The number of thiophene rings is 1. The van der Waals surface area contributed by atoms with Crippen molar-refractivity contribution in [3.63, 3.8) is 0 Å². The summed E-state index contributed by atoms with van der Waals surface area (Å²) < 4.78 is 1.10. The SMILES string of the molecule is CN(Cc1cc(Br)cs1)c1cnc(CO)cn1. The molecule has 17 heavy (non-hydrogen) atoms. The maximum Gasteiger partial charge on any atom is 0.147 e. The standard InChI is InChI=1S/C11H12BrN3OS/c1-15(5-10-2-8(12)7-17-10)11-4-13-9(6-16)3-14-11/h2-4,7,16H,5-6H2,1H3. The molecular weight excluding hydrogens is 302 g/mol. The van der Waals surface area contributed by atoms with E-state index in [1.807, 2.05) is 11.9 Å². The second kappa shape index (κ2) is 5.57. The summed E-state index contributed by atoms with van der Waals surface area (Å²) in [7, 11) is 1.97. The molecule has 0 spiro atoms. The van der Waals surface area contributed by atoms with Gasteiger partial charge in [0.15, 0.2) is 0 Å². The number of aliphatic hydroxyl groups is 1. The number of rotatable bonds is 4. The van der Waals surface area contributed by atoms with E-state index in [4.69, 9.17) is 5.11 Å². The zero-order valence-electron chi connectivity index (χ0n) is 9.30. The third kappa shape index (κ3) is 3.24. The number of aromatic nitrogens is 2. The fourth-order valence-corrected chi connectivity index (χ4v) is 2.88. The van der Waals surface area contributed by atoms with Crippen LogP contribution in [0, 0.1) is 0 Å². The van der Waals surface area contributed by atoms with Crippen molar-refractivity contribution in [3.8, 4) is 0 Å². The zero-order valence-corrected chi connectivity index (χ0v) is 11.7. The molecule has 0 bridgehead atoms. The molecule has 0 atom stereocenters. The molecule has 1 N–H and O–H groups in total. The van der Waals surface area contributed by atoms with Gasteiger partial charge in [0, 0.05) is 21.8 Å². The molecule has 0 aliphatic carbocycles. The number of halogens is 1. The molecule has 0 aliphatic rings. The average molecular weight is 314 g/mol. The molecule has 0 aromatic carbocycles. The van der Waals surface area contributed by atoms with E-state index in [2.05, 4.69) is 37.3 Å². The lowest BCUT2D eigenvalue weighted by Gasteiger charge is -2.16. The molecule has 2 aromatic heterocycles. The van der Waals surface area contributed by atoms with Gasteiger partial charge in [-0.3, -0.25) is 4.98 Å². The van der Waals surface area contributed by atoms with Crippen LogP contribution < -0.4 is 4.90 Å². The Morgan fingerprint density at radius 1 is 1.41 bits per heavy atom. The molecule has 0 aliphatic heterocycles. The smallest absolute Gasteiger partial charge is 0.147 e. The molecule has 2 aromatic rings. The summed E-state index contributed by atoms with van der Waals surface area (Å²) in [6.45, 7) is 0.721. The van der Waals surface area contributed by atoms with Crippen molar-refractivity contribution in [2.75, 3.05) is 11.9 Å². The second-order valence-electron chi connectivity index (χ2n) is 3.61. The zero-order chi connectivity index (χ0) is 12.3. The summed E-state index contributed by atoms with van der Waals surface area (Å²) in [6.07, 6.45) is 3.27. The van der Waals surface area contributed by atoms with Crippen LogP contribution in [-0.2, 0) is 13.2 Å². The van der Waals surface area contributed by atoms with Crippen molar-refractivity contribution >= 4 is 33.1 Å². The first-order chi connectivity index (χ1) is 8.19. The Labute approximate surface area is 112 Å². The lowest BCUT2D eigenvalue weighted by Crippen LogP contribution is -2.17. The van der Waals surface area contributed by atoms with Crippen LogP contribution in [0.25, 0.3) is 0 Å². The van der Waals surface area contributed by atoms with Crippen LogP contribution >= 0.6 is 27.3 Å². The van der Waals surface area contributed by atoms with Crippen molar-refractivity contribution < 1.29 is 5.11 Å². The highest BCUT2D eigenvalue weighted by Crippen LogP contribution is 2.22. The Kier molecular flexibility index (Phi) is 4.09. The summed E-state index contributed by atoms with van der Waals surface area (Å²) in [5, 5.41) is 10.9. The maximum absolute atomic E-state index is 8.89. The average Bonchev–Trinajstić information content (AvgIpc) is 2.75. The first-order valence-corrected chi connectivity index (χ1v) is 6.72. The number of hydrogen-bond donors (Lipinski definition) is 1. The van der Waals surface area contributed by atoms with Crippen molar-refractivity contribution in [3.05, 3.63) is 38.9 Å². The van der Waals surface area contributed by atoms with Gasteiger partial charge in [0.2, 0.25) is 0 Å². The molecular formula is C11H12BrN3OS. The Hall–Kier alpha value is -0.980. The van der Waals surface area contributed by atoms with Crippen LogP contribution in [0.5, 0.6) is 0 Å². The van der Waals surface area contributed by atoms with Gasteiger partial charge in [-0.2, -0.15) is 0 Å². The third-order valence-corrected chi connectivity index (χ3v) is 3.94. The lowest BCUT2D eigenvalue weighted by atomic mass is 10.4. The van der Waals surface area contributed by atoms with Crippen LogP contribution in [0.4, 0.5) is 5.82 Å². The van der Waals surface area contributed by atoms with Crippen molar-refractivity contribution in [2.24, 2.45) is 0 Å². The molecule has 0 radical (unpaired) electrons. The monoisotopic (exact) mass is 313 g/mol. The molecule has 0 saturated heterocycles. The second-order valence-corrected chi connectivity index (χ2v) is 5.52. The van der Waals surface area contributed by atoms with Crippen LogP contribution in [-0.4, -0.2) is 22.1 Å². The van der Waals surface area contributed by atoms with Gasteiger partial charge in [0.25, 0.3) is 0 Å². The molecule has 2 heterocycles. The molecule has 0 fully saturated rings. The highest BCUT2D eigenvalue weighted by atomic mass is 79.9. The normalized spacial score (nSPS) is 10.5. The van der Waals surface area contributed by atoms with Crippen LogP contribution in [0.15, 0.2) is 28.3 Å². The first-order valence-electron chi connectivity index (χ1n) is 5.05. The van der Waals surface area contributed by atoms with E-state index in [0.29, 0.717) is 5.69 Å². The van der Waals surface area contributed by atoms with Gasteiger partial charge in [-0.05, 0) is 22.0 Å². The minimum absolute atomic E-state index is 0.0745.